The molecule has 0 fully saturated rings. The summed E-state index contributed by atoms with van der Waals surface area (Å²) in [6, 6.07) is 1.72. The Morgan fingerprint density at radius 2 is 1.95 bits per heavy atom. The number of carbonyl (C=O) groups excluding carboxylic acids is 1. The number of rotatable bonds is 7. The Bertz CT molecular complexity index is 607. The van der Waals surface area contributed by atoms with Gasteiger partial charge in [-0.15, -0.1) is 0 Å². The number of nitrogens with one attached hydrogen (secondary N) is 2. The molecule has 0 spiro atoms. The lowest BCUT2D eigenvalue weighted by Crippen LogP contribution is -2.31. The van der Waals surface area contributed by atoms with Crippen molar-refractivity contribution in [2.24, 2.45) is 0 Å². The molecule has 1 aromatic rings. The Morgan fingerprint density at radius 1 is 1.18 bits per heavy atom. The monoisotopic (exact) mass is 306 g/mol. The van der Waals surface area contributed by atoms with E-state index in [2.05, 4.69) is 10.3 Å². The molecule has 0 radical (unpaired) electrons. The van der Waals surface area contributed by atoms with Gasteiger partial charge >= 0.3 is 5.97 Å². The van der Waals surface area contributed by atoms with Crippen molar-refractivity contribution < 1.29 is 14.7 Å². The van der Waals surface area contributed by atoms with Gasteiger partial charge in [0.25, 0.3) is 11.5 Å². The number of aliphatic carboxylic acids is 1. The first-order valence-corrected chi connectivity index (χ1v) is 7.83. The maximum Gasteiger partial charge on any atom is 0.303 e. The normalized spacial score (nSPS) is 13.5. The molecule has 120 valence electrons. The van der Waals surface area contributed by atoms with Gasteiger partial charge in [0.1, 0.15) is 5.56 Å². The van der Waals surface area contributed by atoms with Crippen LogP contribution in [0.1, 0.15) is 60.1 Å². The number of H-pyrrole nitrogens is 1. The molecule has 3 N–H and O–H groups in total. The summed E-state index contributed by atoms with van der Waals surface area (Å²) in [4.78, 5) is 37.2. The smallest absolute Gasteiger partial charge is 0.303 e. The number of carbonyl (C=O) groups is 2. The molecule has 1 aliphatic carbocycles. The fraction of sp³-hybridized carbons (Fsp3) is 0.562. The summed E-state index contributed by atoms with van der Waals surface area (Å²) >= 11 is 0. The van der Waals surface area contributed by atoms with E-state index in [0.717, 1.165) is 43.4 Å². The third-order valence-electron chi connectivity index (χ3n) is 3.94. The molecule has 1 aliphatic rings. The Morgan fingerprint density at radius 3 is 2.73 bits per heavy atom. The number of hydrogen-bond donors (Lipinski definition) is 3. The second-order valence-corrected chi connectivity index (χ2v) is 5.68. The van der Waals surface area contributed by atoms with E-state index >= 15 is 0 Å². The first-order chi connectivity index (χ1) is 10.6. The summed E-state index contributed by atoms with van der Waals surface area (Å²) in [5.41, 5.74) is 1.87. The molecule has 22 heavy (non-hydrogen) atoms. The van der Waals surface area contributed by atoms with Crippen molar-refractivity contribution in [3.8, 4) is 0 Å². The van der Waals surface area contributed by atoms with E-state index < -0.39 is 5.97 Å². The molecule has 1 heterocycles. The van der Waals surface area contributed by atoms with Crippen LogP contribution in [0.5, 0.6) is 0 Å². The number of carboxylic acids is 1. The predicted octanol–water partition coefficient (Wildman–Crippen LogP) is 1.63. The fourth-order valence-corrected chi connectivity index (χ4v) is 2.72. The Hall–Kier alpha value is -2.11. The van der Waals surface area contributed by atoms with E-state index in [0.29, 0.717) is 19.4 Å². The van der Waals surface area contributed by atoms with Gasteiger partial charge in [0.05, 0.1) is 0 Å². The van der Waals surface area contributed by atoms with Crippen LogP contribution in [0.3, 0.4) is 0 Å². The van der Waals surface area contributed by atoms with Crippen molar-refractivity contribution in [1.82, 2.24) is 10.3 Å². The molecule has 0 aromatic carbocycles. The van der Waals surface area contributed by atoms with Crippen LogP contribution >= 0.6 is 0 Å². The first-order valence-electron chi connectivity index (χ1n) is 7.83. The molecule has 6 nitrogen and oxygen atoms in total. The van der Waals surface area contributed by atoms with E-state index in [1.54, 1.807) is 6.07 Å². The van der Waals surface area contributed by atoms with Crippen LogP contribution in [-0.2, 0) is 17.6 Å². The first kappa shape index (κ1) is 16.3. The molecule has 0 atom stereocenters. The highest BCUT2D eigenvalue weighted by atomic mass is 16.4. The standard InChI is InChI=1S/C16H22N2O4/c19-14(20)8-2-1-5-9-17-15(21)12-10-11-6-3-4-7-13(11)18-16(12)22/h10H,1-9H2,(H,17,21)(H,18,22)(H,19,20). The van der Waals surface area contributed by atoms with E-state index in [9.17, 15) is 14.4 Å². The third-order valence-corrected chi connectivity index (χ3v) is 3.94. The van der Waals surface area contributed by atoms with Gasteiger partial charge in [-0.2, -0.15) is 0 Å². The van der Waals surface area contributed by atoms with Gasteiger partial charge in [-0.3, -0.25) is 14.4 Å². The van der Waals surface area contributed by atoms with E-state index in [-0.39, 0.29) is 23.5 Å². The van der Waals surface area contributed by atoms with Crippen LogP contribution in [-0.4, -0.2) is 28.5 Å². The Kier molecular flexibility index (Phi) is 5.75. The third kappa shape index (κ3) is 4.44. The fourth-order valence-electron chi connectivity index (χ4n) is 2.72. The second kappa shape index (κ2) is 7.77. The van der Waals surface area contributed by atoms with Gasteiger partial charge in [-0.05, 0) is 50.2 Å². The summed E-state index contributed by atoms with van der Waals surface area (Å²) in [6.45, 7) is 0.453. The van der Waals surface area contributed by atoms with Gasteiger partial charge in [0, 0.05) is 18.7 Å². The minimum absolute atomic E-state index is 0.151. The number of pyridine rings is 1. The van der Waals surface area contributed by atoms with Crippen LogP contribution in [0, 0.1) is 0 Å². The number of unbranched alkanes of at least 4 members (excludes halogenated alkanes) is 2. The van der Waals surface area contributed by atoms with E-state index in [1.165, 1.54) is 0 Å². The van der Waals surface area contributed by atoms with Gasteiger partial charge in [0.15, 0.2) is 0 Å². The molecule has 1 amide bonds. The molecular weight excluding hydrogens is 284 g/mol. The van der Waals surface area contributed by atoms with Crippen molar-refractivity contribution in [2.45, 2.75) is 51.4 Å². The summed E-state index contributed by atoms with van der Waals surface area (Å²) < 4.78 is 0. The zero-order chi connectivity index (χ0) is 15.9. The Labute approximate surface area is 128 Å². The largest absolute Gasteiger partial charge is 0.481 e. The Balaban J connectivity index is 1.85. The number of aromatic amines is 1. The number of carboxylic acid groups (broad SMARTS) is 1. The maximum absolute atomic E-state index is 12.1. The molecule has 0 bridgehead atoms. The highest BCUT2D eigenvalue weighted by molar-refractivity contribution is 5.94. The molecular formula is C16H22N2O4. The lowest BCUT2D eigenvalue weighted by Gasteiger charge is -2.15. The van der Waals surface area contributed by atoms with Gasteiger partial charge < -0.3 is 15.4 Å². The molecule has 0 unspecified atom stereocenters. The van der Waals surface area contributed by atoms with Crippen molar-refractivity contribution in [3.63, 3.8) is 0 Å². The van der Waals surface area contributed by atoms with Crippen molar-refractivity contribution in [1.29, 1.82) is 0 Å². The molecule has 0 aliphatic heterocycles. The van der Waals surface area contributed by atoms with Crippen molar-refractivity contribution in [2.75, 3.05) is 6.54 Å². The number of aryl methyl sites for hydroxylation is 2. The SMILES string of the molecule is O=C(O)CCCCCNC(=O)c1cc2c([nH]c1=O)CCCC2. The summed E-state index contributed by atoms with van der Waals surface area (Å²) in [5.74, 6) is -1.16. The summed E-state index contributed by atoms with van der Waals surface area (Å²) in [6.07, 6.45) is 6.14. The van der Waals surface area contributed by atoms with Gasteiger partial charge in [0.2, 0.25) is 0 Å². The van der Waals surface area contributed by atoms with Crippen LogP contribution in [0.2, 0.25) is 0 Å². The van der Waals surface area contributed by atoms with Crippen molar-refractivity contribution in [3.05, 3.63) is 33.2 Å². The van der Waals surface area contributed by atoms with Crippen molar-refractivity contribution >= 4 is 11.9 Å². The highest BCUT2D eigenvalue weighted by Crippen LogP contribution is 2.18. The number of aromatic nitrogens is 1. The van der Waals surface area contributed by atoms with Gasteiger partial charge in [-0.1, -0.05) is 6.42 Å². The average Bonchev–Trinajstić information content (AvgIpc) is 2.49. The molecule has 0 saturated carbocycles. The van der Waals surface area contributed by atoms with E-state index in [4.69, 9.17) is 5.11 Å². The maximum atomic E-state index is 12.1. The topological polar surface area (TPSA) is 99.3 Å². The molecule has 0 saturated heterocycles. The molecule has 1 aromatic heterocycles. The second-order valence-electron chi connectivity index (χ2n) is 5.68. The number of amides is 1. The zero-order valence-corrected chi connectivity index (χ0v) is 12.6. The van der Waals surface area contributed by atoms with Crippen LogP contribution in [0.25, 0.3) is 0 Å². The average molecular weight is 306 g/mol. The molecule has 6 heteroatoms. The van der Waals surface area contributed by atoms with Crippen LogP contribution in [0.4, 0.5) is 0 Å². The molecule has 2 rings (SSSR count). The lowest BCUT2D eigenvalue weighted by molar-refractivity contribution is -0.137. The minimum Gasteiger partial charge on any atom is -0.481 e. The summed E-state index contributed by atoms with van der Waals surface area (Å²) in [7, 11) is 0. The number of hydrogen-bond acceptors (Lipinski definition) is 3. The number of fused-ring (bicyclic) bond motifs is 1. The predicted molar refractivity (Wildman–Crippen MR) is 82.1 cm³/mol. The lowest BCUT2D eigenvalue weighted by atomic mass is 9.95. The van der Waals surface area contributed by atoms with Crippen LogP contribution in [0.15, 0.2) is 10.9 Å². The minimum atomic E-state index is -0.801. The summed E-state index contributed by atoms with van der Waals surface area (Å²) in [5, 5.41) is 11.3. The highest BCUT2D eigenvalue weighted by Gasteiger charge is 2.16. The zero-order valence-electron chi connectivity index (χ0n) is 12.6. The van der Waals surface area contributed by atoms with Crippen LogP contribution < -0.4 is 10.9 Å². The quantitative estimate of drug-likeness (QED) is 0.667. The van der Waals surface area contributed by atoms with E-state index in [1.807, 2.05) is 0 Å². The van der Waals surface area contributed by atoms with Gasteiger partial charge in [-0.25, -0.2) is 0 Å².